The van der Waals surface area contributed by atoms with E-state index in [0.29, 0.717) is 24.5 Å². The molecule has 1 heterocycles. The lowest BCUT2D eigenvalue weighted by atomic mass is 9.81. The SMILES string of the molecule is C=C[C@@H](C[C@@H]1OCN(C(=O)OC(C)(C)C)[C@H]1CC1CCCCC1)C(C)C. The summed E-state index contributed by atoms with van der Waals surface area (Å²) in [5, 5.41) is 0. The van der Waals surface area contributed by atoms with Crippen LogP contribution in [-0.2, 0) is 9.47 Å². The highest BCUT2D eigenvalue weighted by Crippen LogP contribution is 2.35. The van der Waals surface area contributed by atoms with E-state index in [-0.39, 0.29) is 18.2 Å². The second-order valence-electron chi connectivity index (χ2n) is 9.47. The van der Waals surface area contributed by atoms with Crippen molar-refractivity contribution in [2.45, 2.75) is 97.3 Å². The van der Waals surface area contributed by atoms with Gasteiger partial charge in [0, 0.05) is 0 Å². The summed E-state index contributed by atoms with van der Waals surface area (Å²) in [6.07, 6.45) is 10.4. The van der Waals surface area contributed by atoms with E-state index >= 15 is 0 Å². The Hall–Kier alpha value is -1.03. The van der Waals surface area contributed by atoms with Crippen LogP contribution >= 0.6 is 0 Å². The summed E-state index contributed by atoms with van der Waals surface area (Å²) in [6.45, 7) is 14.6. The van der Waals surface area contributed by atoms with Crippen molar-refractivity contribution in [3.63, 3.8) is 0 Å². The molecule has 0 aromatic carbocycles. The molecule has 26 heavy (non-hydrogen) atoms. The normalized spacial score (nSPS) is 26.2. The third-order valence-corrected chi connectivity index (χ3v) is 5.85. The van der Waals surface area contributed by atoms with E-state index in [0.717, 1.165) is 12.8 Å². The molecule has 3 atom stereocenters. The van der Waals surface area contributed by atoms with Crippen LogP contribution in [0.3, 0.4) is 0 Å². The van der Waals surface area contributed by atoms with Gasteiger partial charge in [-0.2, -0.15) is 0 Å². The Morgan fingerprint density at radius 3 is 2.46 bits per heavy atom. The average molecular weight is 366 g/mol. The van der Waals surface area contributed by atoms with E-state index in [1.807, 2.05) is 31.7 Å². The second-order valence-corrected chi connectivity index (χ2v) is 9.47. The van der Waals surface area contributed by atoms with Gasteiger partial charge in [-0.1, -0.05) is 52.0 Å². The molecule has 4 heteroatoms. The number of amides is 1. The molecule has 0 N–H and O–H groups in total. The molecule has 0 radical (unpaired) electrons. The minimum absolute atomic E-state index is 0.0786. The summed E-state index contributed by atoms with van der Waals surface area (Å²) >= 11 is 0. The van der Waals surface area contributed by atoms with Crippen LogP contribution in [0.5, 0.6) is 0 Å². The molecule has 1 aliphatic heterocycles. The zero-order valence-corrected chi connectivity index (χ0v) is 17.5. The highest BCUT2D eigenvalue weighted by Gasteiger charge is 2.42. The maximum absolute atomic E-state index is 12.8. The van der Waals surface area contributed by atoms with Crippen molar-refractivity contribution >= 4 is 6.09 Å². The van der Waals surface area contributed by atoms with Gasteiger partial charge < -0.3 is 9.47 Å². The third-order valence-electron chi connectivity index (χ3n) is 5.85. The lowest BCUT2D eigenvalue weighted by molar-refractivity contribution is 0.0138. The van der Waals surface area contributed by atoms with Crippen molar-refractivity contribution in [1.29, 1.82) is 0 Å². The molecule has 0 aromatic heterocycles. The Balaban J connectivity index is 2.10. The molecule has 1 aliphatic carbocycles. The molecule has 2 fully saturated rings. The fraction of sp³-hybridized carbons (Fsp3) is 0.864. The molecule has 1 saturated heterocycles. The number of nitrogens with zero attached hydrogens (tertiary/aromatic N) is 1. The predicted molar refractivity (Wildman–Crippen MR) is 106 cm³/mol. The van der Waals surface area contributed by atoms with Gasteiger partial charge in [-0.15, -0.1) is 6.58 Å². The maximum atomic E-state index is 12.8. The summed E-state index contributed by atoms with van der Waals surface area (Å²) in [4.78, 5) is 14.6. The van der Waals surface area contributed by atoms with Gasteiger partial charge in [-0.3, -0.25) is 4.90 Å². The zero-order chi connectivity index (χ0) is 19.3. The van der Waals surface area contributed by atoms with Gasteiger partial charge in [0.25, 0.3) is 0 Å². The van der Waals surface area contributed by atoms with Crippen LogP contribution in [0.25, 0.3) is 0 Å². The van der Waals surface area contributed by atoms with Gasteiger partial charge in [0.2, 0.25) is 0 Å². The van der Waals surface area contributed by atoms with Crippen LogP contribution in [0.15, 0.2) is 12.7 Å². The number of hydrogen-bond donors (Lipinski definition) is 0. The van der Waals surface area contributed by atoms with Crippen molar-refractivity contribution in [2.24, 2.45) is 17.8 Å². The molecular weight excluding hydrogens is 326 g/mol. The lowest BCUT2D eigenvalue weighted by Gasteiger charge is -2.33. The van der Waals surface area contributed by atoms with Gasteiger partial charge >= 0.3 is 6.09 Å². The van der Waals surface area contributed by atoms with E-state index in [1.165, 1.54) is 32.1 Å². The zero-order valence-electron chi connectivity index (χ0n) is 17.5. The topological polar surface area (TPSA) is 38.8 Å². The van der Waals surface area contributed by atoms with Crippen LogP contribution in [0.2, 0.25) is 0 Å². The van der Waals surface area contributed by atoms with Gasteiger partial charge in [0.05, 0.1) is 12.1 Å². The molecule has 4 nitrogen and oxygen atoms in total. The number of ether oxygens (including phenoxy) is 2. The second kappa shape index (κ2) is 9.25. The highest BCUT2D eigenvalue weighted by atomic mass is 16.6. The largest absolute Gasteiger partial charge is 0.444 e. The smallest absolute Gasteiger partial charge is 0.412 e. The van der Waals surface area contributed by atoms with Crippen molar-refractivity contribution in [3.8, 4) is 0 Å². The molecule has 150 valence electrons. The molecular formula is C22H39NO3. The van der Waals surface area contributed by atoms with Crippen molar-refractivity contribution in [2.75, 3.05) is 6.73 Å². The lowest BCUT2D eigenvalue weighted by Crippen LogP contribution is -2.44. The van der Waals surface area contributed by atoms with Crippen LogP contribution in [0.1, 0.15) is 79.6 Å². The van der Waals surface area contributed by atoms with E-state index < -0.39 is 5.60 Å². The molecule has 0 bridgehead atoms. The fourth-order valence-corrected chi connectivity index (χ4v) is 4.27. The first kappa shape index (κ1) is 21.3. The Morgan fingerprint density at radius 2 is 1.92 bits per heavy atom. The van der Waals surface area contributed by atoms with Crippen molar-refractivity contribution in [3.05, 3.63) is 12.7 Å². The Labute approximate surface area is 160 Å². The molecule has 2 aliphatic rings. The van der Waals surface area contributed by atoms with Crippen LogP contribution in [0.4, 0.5) is 4.79 Å². The number of rotatable bonds is 6. The van der Waals surface area contributed by atoms with Gasteiger partial charge in [-0.25, -0.2) is 4.79 Å². The Morgan fingerprint density at radius 1 is 1.27 bits per heavy atom. The summed E-state index contributed by atoms with van der Waals surface area (Å²) in [7, 11) is 0. The third kappa shape index (κ3) is 6.00. The van der Waals surface area contributed by atoms with Gasteiger partial charge in [-0.05, 0) is 51.4 Å². The quantitative estimate of drug-likeness (QED) is 0.561. The summed E-state index contributed by atoms with van der Waals surface area (Å²) < 4.78 is 11.8. The first-order valence-corrected chi connectivity index (χ1v) is 10.4. The number of hydrogen-bond acceptors (Lipinski definition) is 3. The average Bonchev–Trinajstić information content (AvgIpc) is 2.94. The molecule has 1 saturated carbocycles. The van der Waals surface area contributed by atoms with Gasteiger partial charge in [0.15, 0.2) is 0 Å². The minimum atomic E-state index is -0.480. The Bertz CT molecular complexity index is 462. The fourth-order valence-electron chi connectivity index (χ4n) is 4.27. The van der Waals surface area contributed by atoms with Crippen molar-refractivity contribution < 1.29 is 14.3 Å². The summed E-state index contributed by atoms with van der Waals surface area (Å²) in [6, 6.07) is 0.120. The van der Waals surface area contributed by atoms with E-state index in [2.05, 4.69) is 20.4 Å². The van der Waals surface area contributed by atoms with E-state index in [9.17, 15) is 4.79 Å². The molecule has 2 rings (SSSR count). The van der Waals surface area contributed by atoms with Crippen LogP contribution in [0, 0.1) is 17.8 Å². The monoisotopic (exact) mass is 365 g/mol. The standard InChI is InChI=1S/C22H39NO3/c1-7-18(16(2)3)14-20-19(13-17-11-9-8-10-12-17)23(15-25-20)21(24)26-22(4,5)6/h7,16-20H,1,8-15H2,2-6H3/t18-,19-,20-/m0/s1. The van der Waals surface area contributed by atoms with E-state index in [1.54, 1.807) is 0 Å². The Kier molecular flexibility index (Phi) is 7.57. The molecule has 0 unspecified atom stereocenters. The minimum Gasteiger partial charge on any atom is -0.444 e. The first-order valence-electron chi connectivity index (χ1n) is 10.4. The van der Waals surface area contributed by atoms with E-state index in [4.69, 9.17) is 9.47 Å². The number of carbonyl (C=O) groups is 1. The van der Waals surface area contributed by atoms with Gasteiger partial charge in [0.1, 0.15) is 12.3 Å². The first-order chi connectivity index (χ1) is 12.2. The number of carbonyl (C=O) groups excluding carboxylic acids is 1. The predicted octanol–water partition coefficient (Wildman–Crippen LogP) is 5.77. The molecule has 1 amide bonds. The maximum Gasteiger partial charge on any atom is 0.412 e. The molecule has 0 aromatic rings. The molecule has 0 spiro atoms. The number of allylic oxidation sites excluding steroid dienone is 1. The van der Waals surface area contributed by atoms with Crippen LogP contribution in [-0.4, -0.2) is 35.5 Å². The summed E-state index contributed by atoms with van der Waals surface area (Å²) in [5.41, 5.74) is -0.480. The summed E-state index contributed by atoms with van der Waals surface area (Å²) in [5.74, 6) is 1.64. The van der Waals surface area contributed by atoms with Crippen molar-refractivity contribution in [1.82, 2.24) is 4.90 Å². The highest BCUT2D eigenvalue weighted by molar-refractivity contribution is 5.68. The van der Waals surface area contributed by atoms with Crippen LogP contribution < -0.4 is 0 Å².